The zero-order chi connectivity index (χ0) is 11.8. The highest BCUT2D eigenvalue weighted by Gasteiger charge is 2.29. The quantitative estimate of drug-likeness (QED) is 0.789. The fraction of sp³-hybridized carbons (Fsp3) is 0.364. The van der Waals surface area contributed by atoms with Crippen LogP contribution in [-0.4, -0.2) is 25.0 Å². The summed E-state index contributed by atoms with van der Waals surface area (Å²) < 4.78 is 38.0. The Hall–Kier alpha value is -0.940. The molecule has 87 valence electrons. The molecule has 1 aliphatic heterocycles. The molecule has 1 fully saturated rings. The average Bonchev–Trinajstić information content (AvgIpc) is 2.52. The van der Waals surface area contributed by atoms with Crippen molar-refractivity contribution in [1.29, 1.82) is 0 Å². The Morgan fingerprint density at radius 1 is 1.44 bits per heavy atom. The van der Waals surface area contributed by atoms with Gasteiger partial charge in [0.25, 0.3) is 0 Å². The van der Waals surface area contributed by atoms with E-state index in [1.54, 1.807) is 12.1 Å². The molecule has 0 N–H and O–H groups in total. The smallest absolute Gasteiger partial charge is 0.212 e. The lowest BCUT2D eigenvalue weighted by Gasteiger charge is -2.16. The van der Waals surface area contributed by atoms with Gasteiger partial charge < -0.3 is 0 Å². The van der Waals surface area contributed by atoms with Crippen LogP contribution < -0.4 is 0 Å². The summed E-state index contributed by atoms with van der Waals surface area (Å²) >= 11 is 0. The van der Waals surface area contributed by atoms with Gasteiger partial charge >= 0.3 is 0 Å². The first-order chi connectivity index (χ1) is 7.50. The van der Waals surface area contributed by atoms with Crippen molar-refractivity contribution in [2.24, 2.45) is 0 Å². The van der Waals surface area contributed by atoms with E-state index in [4.69, 9.17) is 0 Å². The lowest BCUT2D eigenvalue weighted by atomic mass is 10.1. The second-order valence-corrected chi connectivity index (χ2v) is 5.97. The maximum Gasteiger partial charge on any atom is 0.214 e. The van der Waals surface area contributed by atoms with Crippen molar-refractivity contribution in [2.75, 3.05) is 12.3 Å². The van der Waals surface area contributed by atoms with Crippen molar-refractivity contribution in [1.82, 2.24) is 4.31 Å². The van der Waals surface area contributed by atoms with Crippen LogP contribution in [0.1, 0.15) is 17.5 Å². The van der Waals surface area contributed by atoms with Crippen LogP contribution in [0.25, 0.3) is 0 Å². The van der Waals surface area contributed by atoms with Gasteiger partial charge in [0.05, 0.1) is 5.75 Å². The second-order valence-electron chi connectivity index (χ2n) is 3.88. The van der Waals surface area contributed by atoms with Crippen LogP contribution in [0.2, 0.25) is 0 Å². The highest BCUT2D eigenvalue weighted by molar-refractivity contribution is 7.89. The molecule has 0 spiro atoms. The molecule has 0 amide bonds. The summed E-state index contributed by atoms with van der Waals surface area (Å²) in [5.74, 6) is -0.233. The molecule has 0 unspecified atom stereocenters. The van der Waals surface area contributed by atoms with Crippen molar-refractivity contribution >= 4 is 10.0 Å². The summed E-state index contributed by atoms with van der Waals surface area (Å²) in [4.78, 5) is 0. The zero-order valence-electron chi connectivity index (χ0n) is 8.82. The van der Waals surface area contributed by atoms with E-state index in [0.717, 1.165) is 0 Å². The summed E-state index contributed by atoms with van der Waals surface area (Å²) in [5, 5.41) is 0. The van der Waals surface area contributed by atoms with Crippen LogP contribution in [0.5, 0.6) is 0 Å². The van der Waals surface area contributed by atoms with Crippen LogP contribution >= 0.6 is 0 Å². The van der Waals surface area contributed by atoms with Gasteiger partial charge in [-0.05, 0) is 25.0 Å². The van der Waals surface area contributed by atoms with Crippen LogP contribution in [0.4, 0.5) is 4.39 Å². The van der Waals surface area contributed by atoms with E-state index in [2.05, 4.69) is 6.92 Å². The normalized spacial score (nSPS) is 20.1. The topological polar surface area (TPSA) is 37.4 Å². The van der Waals surface area contributed by atoms with Gasteiger partial charge in [0.1, 0.15) is 5.82 Å². The van der Waals surface area contributed by atoms with E-state index in [9.17, 15) is 12.8 Å². The Balaban J connectivity index is 2.28. The number of sulfonamides is 1. The molecular formula is C11H13FNO2S. The third-order valence-electron chi connectivity index (χ3n) is 2.75. The van der Waals surface area contributed by atoms with Crippen LogP contribution in [0.15, 0.2) is 18.2 Å². The van der Waals surface area contributed by atoms with Crippen LogP contribution in [0.3, 0.4) is 0 Å². The zero-order valence-corrected chi connectivity index (χ0v) is 9.63. The molecule has 0 aliphatic carbocycles. The summed E-state index contributed by atoms with van der Waals surface area (Å²) in [6.45, 7) is 4.27. The molecule has 0 atom stereocenters. The number of rotatable bonds is 2. The molecule has 1 aromatic carbocycles. The molecule has 0 bridgehead atoms. The van der Waals surface area contributed by atoms with Gasteiger partial charge in [-0.25, -0.2) is 12.8 Å². The van der Waals surface area contributed by atoms with Gasteiger partial charge in [-0.2, -0.15) is 4.31 Å². The minimum atomic E-state index is -3.18. The Labute approximate surface area is 94.9 Å². The van der Waals surface area contributed by atoms with Gasteiger partial charge in [0.2, 0.25) is 10.0 Å². The molecule has 1 radical (unpaired) electrons. The summed E-state index contributed by atoms with van der Waals surface area (Å²) in [6.07, 6.45) is 0.614. The summed E-state index contributed by atoms with van der Waals surface area (Å²) in [6, 6.07) is 4.58. The first-order valence-corrected chi connectivity index (χ1v) is 6.69. The van der Waals surface area contributed by atoms with E-state index in [1.807, 2.05) is 0 Å². The van der Waals surface area contributed by atoms with Gasteiger partial charge in [-0.15, -0.1) is 0 Å². The lowest BCUT2D eigenvalue weighted by molar-refractivity contribution is 0.429. The van der Waals surface area contributed by atoms with Crippen molar-refractivity contribution < 1.29 is 12.8 Å². The molecule has 1 heterocycles. The minimum absolute atomic E-state index is 0.0911. The van der Waals surface area contributed by atoms with Crippen LogP contribution in [0, 0.1) is 12.7 Å². The SMILES string of the molecule is [CH2]c1cccc(F)c1CN1CCCS1(=O)=O. The molecule has 1 aromatic rings. The van der Waals surface area contributed by atoms with Gasteiger partial charge in [-0.1, -0.05) is 12.1 Å². The minimum Gasteiger partial charge on any atom is -0.212 e. The Morgan fingerprint density at radius 2 is 2.19 bits per heavy atom. The Kier molecular flexibility index (Phi) is 2.99. The highest BCUT2D eigenvalue weighted by Crippen LogP contribution is 2.21. The summed E-state index contributed by atoms with van der Waals surface area (Å²) in [5.41, 5.74) is 0.912. The lowest BCUT2D eigenvalue weighted by Crippen LogP contribution is -2.26. The van der Waals surface area contributed by atoms with E-state index in [0.29, 0.717) is 24.1 Å². The predicted molar refractivity (Wildman–Crippen MR) is 59.7 cm³/mol. The number of benzene rings is 1. The molecular weight excluding hydrogens is 229 g/mol. The number of halogens is 1. The highest BCUT2D eigenvalue weighted by atomic mass is 32.2. The van der Waals surface area contributed by atoms with Gasteiger partial charge in [0.15, 0.2) is 0 Å². The third kappa shape index (κ3) is 2.10. The van der Waals surface area contributed by atoms with E-state index in [1.165, 1.54) is 10.4 Å². The number of hydrogen-bond donors (Lipinski definition) is 0. The van der Waals surface area contributed by atoms with Crippen molar-refractivity contribution in [3.05, 3.63) is 42.1 Å². The monoisotopic (exact) mass is 242 g/mol. The van der Waals surface area contributed by atoms with Crippen molar-refractivity contribution in [3.8, 4) is 0 Å². The number of nitrogens with zero attached hydrogens (tertiary/aromatic N) is 1. The fourth-order valence-electron chi connectivity index (χ4n) is 1.83. The second kappa shape index (κ2) is 4.14. The summed E-state index contributed by atoms with van der Waals surface area (Å²) in [7, 11) is -3.18. The standard InChI is InChI=1S/C11H13FNO2S/c1-9-4-2-5-11(12)10(9)8-13-6-3-7-16(13,14)15/h2,4-5H,1,3,6-8H2. The van der Waals surface area contributed by atoms with E-state index >= 15 is 0 Å². The first-order valence-electron chi connectivity index (χ1n) is 5.08. The van der Waals surface area contributed by atoms with Crippen LogP contribution in [-0.2, 0) is 16.6 Å². The molecule has 1 saturated heterocycles. The first kappa shape index (κ1) is 11.5. The Morgan fingerprint density at radius 3 is 2.75 bits per heavy atom. The molecule has 3 nitrogen and oxygen atoms in total. The van der Waals surface area contributed by atoms with Crippen molar-refractivity contribution in [3.63, 3.8) is 0 Å². The van der Waals surface area contributed by atoms with Gasteiger partial charge in [0, 0.05) is 18.7 Å². The maximum atomic E-state index is 13.5. The molecule has 1 aliphatic rings. The molecule has 5 heteroatoms. The van der Waals surface area contributed by atoms with E-state index < -0.39 is 15.8 Å². The molecule has 2 rings (SSSR count). The molecule has 0 aromatic heterocycles. The predicted octanol–water partition coefficient (Wildman–Crippen LogP) is 1.54. The molecule has 0 saturated carbocycles. The van der Waals surface area contributed by atoms with Gasteiger partial charge in [-0.3, -0.25) is 0 Å². The third-order valence-corrected chi connectivity index (χ3v) is 4.66. The van der Waals surface area contributed by atoms with Crippen molar-refractivity contribution in [2.45, 2.75) is 13.0 Å². The molecule has 16 heavy (non-hydrogen) atoms. The Bertz CT molecular complexity index is 478. The fourth-order valence-corrected chi connectivity index (χ4v) is 3.31. The average molecular weight is 242 g/mol. The largest absolute Gasteiger partial charge is 0.214 e. The number of hydrogen-bond acceptors (Lipinski definition) is 2. The van der Waals surface area contributed by atoms with E-state index in [-0.39, 0.29) is 12.3 Å². The maximum absolute atomic E-state index is 13.5.